The molecule has 2 rings (SSSR count). The molecule has 0 saturated carbocycles. The van der Waals surface area contributed by atoms with E-state index in [9.17, 15) is 19.5 Å². The number of nitrogens with zero attached hydrogens (tertiary/aromatic N) is 1. The number of benzene rings is 2. The summed E-state index contributed by atoms with van der Waals surface area (Å²) in [5.74, 6) is -1.04. The molecule has 0 aliphatic heterocycles. The second-order valence-corrected chi connectivity index (χ2v) is 9.93. The number of rotatable bonds is 7. The Hall–Kier alpha value is -3.55. The number of hydrogen-bond donors (Lipinski definition) is 3. The van der Waals surface area contributed by atoms with E-state index in [1.807, 2.05) is 19.1 Å². The number of hydrogen-bond acceptors (Lipinski definition) is 5. The Kier molecular flexibility index (Phi) is 8.90. The molecule has 0 aromatic heterocycles. The number of amides is 3. The van der Waals surface area contributed by atoms with Crippen LogP contribution in [0.2, 0.25) is 0 Å². The van der Waals surface area contributed by atoms with Gasteiger partial charge in [0.05, 0.1) is 0 Å². The topological polar surface area (TPSA) is 108 Å². The molecule has 0 aliphatic carbocycles. The molecule has 190 valence electrons. The number of aryl methyl sites for hydroxylation is 2. The Morgan fingerprint density at radius 3 is 2.11 bits per heavy atom. The first kappa shape index (κ1) is 27.7. The van der Waals surface area contributed by atoms with Gasteiger partial charge in [-0.25, -0.2) is 4.79 Å². The van der Waals surface area contributed by atoms with Crippen LogP contribution in [0.15, 0.2) is 42.5 Å². The van der Waals surface area contributed by atoms with Crippen molar-refractivity contribution in [3.63, 3.8) is 0 Å². The first-order valence-corrected chi connectivity index (χ1v) is 11.7. The minimum Gasteiger partial charge on any atom is -0.507 e. The van der Waals surface area contributed by atoms with Gasteiger partial charge < -0.3 is 25.4 Å². The number of carbonyl (C=O) groups is 3. The molecule has 0 spiro atoms. The zero-order valence-corrected chi connectivity index (χ0v) is 21.8. The molecule has 8 nitrogen and oxygen atoms in total. The number of anilines is 1. The molecule has 3 N–H and O–H groups in total. The summed E-state index contributed by atoms with van der Waals surface area (Å²) < 4.78 is 5.28. The second-order valence-electron chi connectivity index (χ2n) is 9.93. The molecule has 0 saturated heterocycles. The van der Waals surface area contributed by atoms with Gasteiger partial charge in [0, 0.05) is 17.3 Å². The first-order chi connectivity index (χ1) is 16.2. The van der Waals surface area contributed by atoms with Gasteiger partial charge in [-0.1, -0.05) is 36.4 Å². The van der Waals surface area contributed by atoms with Crippen LogP contribution >= 0.6 is 0 Å². The SMILES string of the molecule is Cc1ccccc1NC(=O)C(c1cccc(C)c1O)N(C(=O)C(C)NC(=O)OC(C)(C)C)C(C)C. The first-order valence-electron chi connectivity index (χ1n) is 11.7. The van der Waals surface area contributed by atoms with Crippen LogP contribution in [0.3, 0.4) is 0 Å². The molecular formula is C27H37N3O5. The van der Waals surface area contributed by atoms with Crippen LogP contribution in [0.25, 0.3) is 0 Å². The van der Waals surface area contributed by atoms with Crippen LogP contribution in [0.1, 0.15) is 64.3 Å². The monoisotopic (exact) mass is 483 g/mol. The fourth-order valence-corrected chi connectivity index (χ4v) is 3.68. The van der Waals surface area contributed by atoms with Gasteiger partial charge >= 0.3 is 6.09 Å². The van der Waals surface area contributed by atoms with E-state index in [4.69, 9.17) is 4.74 Å². The maximum Gasteiger partial charge on any atom is 0.408 e. The van der Waals surface area contributed by atoms with Crippen molar-refractivity contribution in [1.82, 2.24) is 10.2 Å². The Bertz CT molecular complexity index is 1070. The normalized spacial score (nSPS) is 13.1. The van der Waals surface area contributed by atoms with Crippen molar-refractivity contribution in [3.8, 4) is 5.75 Å². The highest BCUT2D eigenvalue weighted by Gasteiger charge is 2.38. The smallest absolute Gasteiger partial charge is 0.408 e. The highest BCUT2D eigenvalue weighted by Crippen LogP contribution is 2.34. The molecule has 0 radical (unpaired) electrons. The highest BCUT2D eigenvalue weighted by atomic mass is 16.6. The van der Waals surface area contributed by atoms with E-state index in [0.29, 0.717) is 16.8 Å². The van der Waals surface area contributed by atoms with Crippen LogP contribution in [0.5, 0.6) is 5.75 Å². The van der Waals surface area contributed by atoms with Crippen LogP contribution in [0.4, 0.5) is 10.5 Å². The minimum atomic E-state index is -1.15. The van der Waals surface area contributed by atoms with Crippen molar-refractivity contribution in [1.29, 1.82) is 0 Å². The van der Waals surface area contributed by atoms with Crippen LogP contribution in [-0.4, -0.2) is 45.6 Å². The predicted molar refractivity (Wildman–Crippen MR) is 136 cm³/mol. The fourth-order valence-electron chi connectivity index (χ4n) is 3.68. The summed E-state index contributed by atoms with van der Waals surface area (Å²) in [7, 11) is 0. The van der Waals surface area contributed by atoms with Crippen LogP contribution in [-0.2, 0) is 14.3 Å². The summed E-state index contributed by atoms with van der Waals surface area (Å²) in [6, 6.07) is 9.83. The number of phenols is 1. The Balaban J connectivity index is 2.49. The van der Waals surface area contributed by atoms with Gasteiger partial charge in [-0.05, 0) is 72.6 Å². The number of ether oxygens (including phenoxy) is 1. The third kappa shape index (κ3) is 7.21. The lowest BCUT2D eigenvalue weighted by molar-refractivity contribution is -0.142. The molecule has 0 fully saturated rings. The Labute approximate surface area is 207 Å². The van der Waals surface area contributed by atoms with Crippen molar-refractivity contribution >= 4 is 23.6 Å². The van der Waals surface area contributed by atoms with Gasteiger partial charge in [-0.15, -0.1) is 0 Å². The molecule has 2 aromatic carbocycles. The molecule has 2 atom stereocenters. The van der Waals surface area contributed by atoms with E-state index in [1.165, 1.54) is 11.8 Å². The quantitative estimate of drug-likeness (QED) is 0.522. The van der Waals surface area contributed by atoms with Gasteiger partial charge in [0.25, 0.3) is 5.91 Å². The van der Waals surface area contributed by atoms with Crippen molar-refractivity contribution in [2.75, 3.05) is 5.32 Å². The molecular weight excluding hydrogens is 446 g/mol. The number of nitrogens with one attached hydrogen (secondary N) is 2. The number of para-hydroxylation sites is 2. The van der Waals surface area contributed by atoms with Crippen molar-refractivity contribution in [3.05, 3.63) is 59.2 Å². The molecule has 2 unspecified atom stereocenters. The van der Waals surface area contributed by atoms with E-state index < -0.39 is 41.6 Å². The van der Waals surface area contributed by atoms with E-state index in [0.717, 1.165) is 5.56 Å². The van der Waals surface area contributed by atoms with Gasteiger partial charge in [-0.2, -0.15) is 0 Å². The van der Waals surface area contributed by atoms with E-state index in [-0.39, 0.29) is 5.75 Å². The number of alkyl carbamates (subject to hydrolysis) is 1. The van der Waals surface area contributed by atoms with Gasteiger partial charge in [0.2, 0.25) is 5.91 Å². The largest absolute Gasteiger partial charge is 0.507 e. The standard InChI is InChI=1S/C27H37N3O5/c1-16(2)30(25(33)19(5)28-26(34)35-27(6,7)8)22(20-14-11-13-18(4)23(20)31)24(32)29-21-15-10-9-12-17(21)3/h9-16,19,22,31H,1-8H3,(H,28,34)(H,29,32). The highest BCUT2D eigenvalue weighted by molar-refractivity contribution is 5.99. The van der Waals surface area contributed by atoms with Crippen LogP contribution in [0, 0.1) is 13.8 Å². The number of carbonyl (C=O) groups excluding carboxylic acids is 3. The zero-order valence-electron chi connectivity index (χ0n) is 21.8. The van der Waals surface area contributed by atoms with E-state index in [1.54, 1.807) is 71.9 Å². The lowest BCUT2D eigenvalue weighted by atomic mass is 9.98. The molecule has 8 heteroatoms. The summed E-state index contributed by atoms with van der Waals surface area (Å²) in [5.41, 5.74) is 1.60. The average Bonchev–Trinajstić information content (AvgIpc) is 2.73. The summed E-state index contributed by atoms with van der Waals surface area (Å²) in [6.45, 7) is 13.9. The molecule has 0 bridgehead atoms. The predicted octanol–water partition coefficient (Wildman–Crippen LogP) is 4.84. The van der Waals surface area contributed by atoms with Gasteiger partial charge in [0.15, 0.2) is 0 Å². The lowest BCUT2D eigenvalue weighted by Gasteiger charge is -2.37. The summed E-state index contributed by atoms with van der Waals surface area (Å²) in [5, 5.41) is 16.3. The minimum absolute atomic E-state index is 0.0661. The second kappa shape index (κ2) is 11.3. The molecule has 0 heterocycles. The molecule has 3 amide bonds. The van der Waals surface area contributed by atoms with Gasteiger partial charge in [-0.3, -0.25) is 9.59 Å². The maximum atomic E-state index is 13.7. The zero-order chi connectivity index (χ0) is 26.5. The third-order valence-corrected chi connectivity index (χ3v) is 5.41. The van der Waals surface area contributed by atoms with Crippen molar-refractivity contribution < 1.29 is 24.2 Å². The van der Waals surface area contributed by atoms with Crippen molar-refractivity contribution in [2.24, 2.45) is 0 Å². The summed E-state index contributed by atoms with van der Waals surface area (Å²) in [4.78, 5) is 41.0. The number of aromatic hydroxyl groups is 1. The van der Waals surface area contributed by atoms with E-state index >= 15 is 0 Å². The molecule has 0 aliphatic rings. The average molecular weight is 484 g/mol. The molecule has 35 heavy (non-hydrogen) atoms. The molecule has 2 aromatic rings. The number of phenolic OH excluding ortho intramolecular Hbond substituents is 1. The lowest BCUT2D eigenvalue weighted by Crippen LogP contribution is -2.53. The summed E-state index contributed by atoms with van der Waals surface area (Å²) in [6.07, 6.45) is -0.735. The van der Waals surface area contributed by atoms with Gasteiger partial charge in [0.1, 0.15) is 23.4 Å². The fraction of sp³-hybridized carbons (Fsp3) is 0.444. The van der Waals surface area contributed by atoms with Crippen LogP contribution < -0.4 is 10.6 Å². The maximum absolute atomic E-state index is 13.7. The third-order valence-electron chi connectivity index (χ3n) is 5.41. The van der Waals surface area contributed by atoms with Crippen molar-refractivity contribution in [2.45, 2.75) is 79.1 Å². The van der Waals surface area contributed by atoms with E-state index in [2.05, 4.69) is 10.6 Å². The Morgan fingerprint density at radius 2 is 1.54 bits per heavy atom. The Morgan fingerprint density at radius 1 is 0.943 bits per heavy atom. The summed E-state index contributed by atoms with van der Waals surface area (Å²) >= 11 is 0.